The molecule has 2 aliphatic rings. The van der Waals surface area contributed by atoms with Gasteiger partial charge in [-0.1, -0.05) is 427 Å². The number of rotatable bonds is 82. The molecule has 0 aromatic heterocycles. The van der Waals surface area contributed by atoms with Crippen LogP contribution in [0.2, 0.25) is 0 Å². The maximum atomic E-state index is 15.1. The minimum atomic E-state index is -5.62. The summed E-state index contributed by atoms with van der Waals surface area (Å²) in [6.07, 6.45) is 38.1. The molecule has 2 rings (SSSR count). The van der Waals surface area contributed by atoms with Crippen LogP contribution in [-0.2, 0) is 71.0 Å². The van der Waals surface area contributed by atoms with E-state index in [9.17, 15) is 63.9 Å². The molecule has 5 unspecified atom stereocenters. The number of unbranched alkanes of at least 4 members (excludes halogenated alkanes) is 50. The molecule has 0 radical (unpaired) electrons. The first-order chi connectivity index (χ1) is 57.6. The van der Waals surface area contributed by atoms with Gasteiger partial charge in [-0.05, 0) is 51.4 Å². The van der Waals surface area contributed by atoms with Gasteiger partial charge in [-0.2, -0.15) is 0 Å². The van der Waals surface area contributed by atoms with Crippen LogP contribution in [0, 0.1) is 0 Å². The Kier molecular flexibility index (Phi) is 94.7. The average Bonchev–Trinajstić information content (AvgIpc) is 0.774. The maximum Gasteiger partial charge on any atom is 0.470 e. The van der Waals surface area contributed by atoms with Gasteiger partial charge in [0.25, 0.3) is 0 Å². The minimum absolute atomic E-state index is 0. The zero-order valence-corrected chi connectivity index (χ0v) is 76.8. The lowest BCUT2D eigenvalue weighted by Gasteiger charge is -2.46. The Morgan fingerprint density at radius 2 is 0.635 bits per heavy atom. The van der Waals surface area contributed by atoms with Gasteiger partial charge in [0.1, 0.15) is 48.7 Å². The smallest absolute Gasteiger partial charge is 0.462 e. The summed E-state index contributed by atoms with van der Waals surface area (Å²) in [6.45, 7) is 11.2. The Morgan fingerprint density at radius 1 is 0.341 bits per heavy atom. The van der Waals surface area contributed by atoms with E-state index in [1.165, 1.54) is 116 Å². The van der Waals surface area contributed by atoms with Crippen molar-refractivity contribution in [3.63, 3.8) is 0 Å². The molecule has 25 heteroatoms. The quantitative estimate of drug-likeness (QED) is 0.0118. The van der Waals surface area contributed by atoms with Crippen LogP contribution in [-0.4, -0.2) is 170 Å². The van der Waals surface area contributed by atoms with Crippen molar-refractivity contribution in [1.29, 1.82) is 0 Å². The minimum Gasteiger partial charge on any atom is -0.462 e. The molecule has 2 saturated heterocycles. The van der Waals surface area contributed by atoms with Gasteiger partial charge < -0.3 is 79.1 Å². The Balaban J connectivity index is -0.00000514. The SMILES string of the molecule is C.C.C.C.C.C.C.CCCCCCCCCCCCCC(=O)O[C@H](CCCCCCCCCCC)CC(=O)O[C@@H]1C(NC(=O)C[C@@H](CCCCCCCCCCC)OC(=O)CCCCCCCCCCC)[C@H](OCC2OC(O)C(NC(=O)C[C@H](O)CCCCCCCCCCC)[C@@H](OC(=O)C[C@H](O)CCCCCCCCCCC)[C@@H]2O)OC(CO)[C@H]1OP(=O)(O)O. The molecule has 9 N–H and O–H groups in total. The van der Waals surface area contributed by atoms with Gasteiger partial charge in [-0.15, -0.1) is 0 Å². The zero-order chi connectivity index (χ0) is 87.2. The standard InChI is InChI=1S/C94H177N2O22P.7CH4/c1-7-13-19-25-31-37-38-44-50-56-62-68-84(103)113-78(66-60-54-48-42-35-29-23-17-11-5)72-86(105)117-92-88(96-82(101)71-77(65-59-53-47-41-34-28-22-16-10-4)112-83(102)67-61-55-49-43-36-30-24-18-12-6)94(115-79(73-97)90(92)118-119(108,109)110)111-74-80-89(106)91(116-85(104)70-76(99)64-58-52-46-40-33-27-21-15-9-3)87(93(107)114-80)95-81(100)69-75(98)63-57-51-45-39-32-26-20-14-8-2;;;;;;;/h75-80,87-94,97-99,106-107H,7-74H2,1-6H3,(H,95,100)(H,96,101)(H2,108,109,110);7*1H4/t75-,76-,77-,78-,79?,80?,87?,88?,89-,90-,91-,92-,93?,94-;;;;;;;/m1......./s1. The molecule has 0 saturated carbocycles. The molecule has 0 aliphatic carbocycles. The third-order valence-electron chi connectivity index (χ3n) is 23.6. The van der Waals surface area contributed by atoms with Crippen molar-refractivity contribution in [1.82, 2.24) is 10.6 Å². The van der Waals surface area contributed by atoms with Crippen LogP contribution >= 0.6 is 7.82 Å². The zero-order valence-electron chi connectivity index (χ0n) is 75.9. The van der Waals surface area contributed by atoms with Gasteiger partial charge in [-0.25, -0.2) is 4.57 Å². The summed E-state index contributed by atoms with van der Waals surface area (Å²) in [7, 11) is -5.62. The van der Waals surface area contributed by atoms with Gasteiger partial charge in [0.15, 0.2) is 24.8 Å². The fourth-order valence-electron chi connectivity index (χ4n) is 16.4. The fourth-order valence-corrected chi connectivity index (χ4v) is 16.9. The summed E-state index contributed by atoms with van der Waals surface area (Å²) < 4.78 is 61.8. The number of carbonyl (C=O) groups excluding carboxylic acids is 6. The number of phosphoric acid groups is 1. The van der Waals surface area contributed by atoms with E-state index >= 15 is 4.79 Å². The average molecular weight is 1830 g/mol. The fraction of sp³-hybridized carbons (Fsp3) is 0.941. The first-order valence-electron chi connectivity index (χ1n) is 49.0. The van der Waals surface area contributed by atoms with E-state index in [4.69, 9.17) is 37.7 Å². The van der Waals surface area contributed by atoms with E-state index in [-0.39, 0.29) is 77.7 Å². The van der Waals surface area contributed by atoms with Crippen LogP contribution < -0.4 is 10.6 Å². The molecule has 0 aromatic rings. The molecule has 2 fully saturated rings. The monoisotopic (exact) mass is 1830 g/mol. The summed E-state index contributed by atoms with van der Waals surface area (Å²) in [4.78, 5) is 107. The predicted octanol–water partition coefficient (Wildman–Crippen LogP) is 24.9. The predicted molar refractivity (Wildman–Crippen MR) is 517 cm³/mol. The second-order valence-electron chi connectivity index (χ2n) is 35.0. The van der Waals surface area contributed by atoms with Gasteiger partial charge in [-0.3, -0.25) is 33.3 Å². The molecular formula is C101H205N2O22P. The summed E-state index contributed by atoms with van der Waals surface area (Å²) in [6, 6.07) is -3.47. The van der Waals surface area contributed by atoms with Crippen LogP contribution in [0.15, 0.2) is 0 Å². The van der Waals surface area contributed by atoms with Gasteiger partial charge >= 0.3 is 31.7 Å². The third-order valence-corrected chi connectivity index (χ3v) is 24.1. The number of aliphatic hydroxyl groups is 5. The van der Waals surface area contributed by atoms with E-state index in [1.54, 1.807) is 0 Å². The van der Waals surface area contributed by atoms with Gasteiger partial charge in [0.05, 0.1) is 51.1 Å². The van der Waals surface area contributed by atoms with Crippen molar-refractivity contribution in [2.24, 2.45) is 0 Å². The maximum absolute atomic E-state index is 15.1. The number of phosphoric ester groups is 1. The summed E-state index contributed by atoms with van der Waals surface area (Å²) in [5.74, 6) is -4.56. The summed E-state index contributed by atoms with van der Waals surface area (Å²) in [5, 5.41) is 63.2. The highest BCUT2D eigenvalue weighted by Gasteiger charge is 2.54. The van der Waals surface area contributed by atoms with E-state index in [1.807, 2.05) is 0 Å². The molecule has 24 nitrogen and oxygen atoms in total. The lowest BCUT2D eigenvalue weighted by molar-refractivity contribution is -0.298. The highest BCUT2D eigenvalue weighted by Crippen LogP contribution is 2.43. The second kappa shape index (κ2) is 89.5. The highest BCUT2D eigenvalue weighted by atomic mass is 31.2. The van der Waals surface area contributed by atoms with Gasteiger partial charge in [0, 0.05) is 12.8 Å². The van der Waals surface area contributed by atoms with Crippen LogP contribution in [0.25, 0.3) is 0 Å². The second-order valence-corrected chi connectivity index (χ2v) is 36.1. The van der Waals surface area contributed by atoms with Gasteiger partial charge in [0.2, 0.25) is 11.8 Å². The molecule has 2 amide bonds. The van der Waals surface area contributed by atoms with Crippen molar-refractivity contribution in [3.8, 4) is 0 Å². The molecule has 756 valence electrons. The number of hydrogen-bond acceptors (Lipinski definition) is 20. The Bertz CT molecular complexity index is 2520. The van der Waals surface area contributed by atoms with E-state index in [0.717, 1.165) is 205 Å². The number of carbonyl (C=O) groups is 6. The van der Waals surface area contributed by atoms with Crippen molar-refractivity contribution in [2.75, 3.05) is 13.2 Å². The first kappa shape index (κ1) is 133. The molecule has 0 bridgehead atoms. The third kappa shape index (κ3) is 70.4. The van der Waals surface area contributed by atoms with Crippen LogP contribution in [0.4, 0.5) is 0 Å². The topological polar surface area (TPSA) is 359 Å². The lowest BCUT2D eigenvalue weighted by atomic mass is 9.95. The first-order valence-corrected chi connectivity index (χ1v) is 50.5. The van der Waals surface area contributed by atoms with Crippen molar-refractivity contribution < 1.29 is 106 Å². The Labute approximate surface area is 772 Å². The number of hydrogen-bond donors (Lipinski definition) is 9. The molecule has 0 aromatic carbocycles. The van der Waals surface area contributed by atoms with Crippen molar-refractivity contribution in [2.45, 2.75) is 603 Å². The molecule has 2 aliphatic heterocycles. The van der Waals surface area contributed by atoms with Crippen LogP contribution in [0.5, 0.6) is 0 Å². The Morgan fingerprint density at radius 3 is 0.984 bits per heavy atom. The molecule has 0 spiro atoms. The molecule has 14 atom stereocenters. The number of ether oxygens (including phenoxy) is 7. The number of esters is 4. The van der Waals surface area contributed by atoms with Crippen LogP contribution in [0.3, 0.4) is 0 Å². The summed E-state index contributed by atoms with van der Waals surface area (Å²) in [5.41, 5.74) is 0. The molecule has 2 heterocycles. The summed E-state index contributed by atoms with van der Waals surface area (Å²) >= 11 is 0. The van der Waals surface area contributed by atoms with E-state index in [0.29, 0.717) is 51.4 Å². The van der Waals surface area contributed by atoms with E-state index < -0.39 is 168 Å². The number of nitrogens with one attached hydrogen (secondary N) is 2. The van der Waals surface area contributed by atoms with Crippen molar-refractivity contribution >= 4 is 43.5 Å². The van der Waals surface area contributed by atoms with Crippen molar-refractivity contribution in [3.05, 3.63) is 0 Å². The normalized spacial score (nSPS) is 19.4. The molecule has 126 heavy (non-hydrogen) atoms. The van der Waals surface area contributed by atoms with E-state index in [2.05, 4.69) is 52.2 Å². The number of amides is 2. The highest BCUT2D eigenvalue weighted by molar-refractivity contribution is 7.46. The van der Waals surface area contributed by atoms with Crippen LogP contribution in [0.1, 0.15) is 517 Å². The largest absolute Gasteiger partial charge is 0.470 e. The lowest BCUT2D eigenvalue weighted by Crippen LogP contribution is -2.68. The Hall–Kier alpha value is -3.39. The number of aliphatic hydroxyl groups excluding tert-OH is 5. The molecular weight excluding hydrogens is 1620 g/mol.